The van der Waals surface area contributed by atoms with Crippen LogP contribution in [0.4, 0.5) is 9.93 Å². The zero-order valence-corrected chi connectivity index (χ0v) is 13.0. The highest BCUT2D eigenvalue weighted by atomic mass is 32.1. The minimum Gasteiger partial charge on any atom is -0.373 e. The van der Waals surface area contributed by atoms with Crippen molar-refractivity contribution < 1.29 is 9.53 Å². The molecular formula is C15H21N3O2S. The van der Waals surface area contributed by atoms with Crippen LogP contribution in [-0.2, 0) is 17.6 Å². The minimum atomic E-state index is -0.143. The van der Waals surface area contributed by atoms with Crippen molar-refractivity contribution in [2.24, 2.45) is 5.92 Å². The molecule has 2 N–H and O–H groups in total. The molecule has 0 saturated carbocycles. The summed E-state index contributed by atoms with van der Waals surface area (Å²) in [6, 6.07) is 0.0219. The summed E-state index contributed by atoms with van der Waals surface area (Å²) in [4.78, 5) is 18.0. The summed E-state index contributed by atoms with van der Waals surface area (Å²) in [5, 5.41) is 6.67. The second-order valence-corrected chi connectivity index (χ2v) is 7.64. The number of nitrogens with zero attached hydrogens (tertiary/aromatic N) is 1. The number of aryl methyl sites for hydroxylation is 1. The second kappa shape index (κ2) is 5.25. The van der Waals surface area contributed by atoms with E-state index in [9.17, 15) is 4.79 Å². The third-order valence-electron chi connectivity index (χ3n) is 4.83. The van der Waals surface area contributed by atoms with E-state index in [-0.39, 0.29) is 18.2 Å². The number of carbonyl (C=O) groups is 1. The Morgan fingerprint density at radius 3 is 3.05 bits per heavy atom. The fraction of sp³-hybridized carbons (Fsp3) is 0.733. The van der Waals surface area contributed by atoms with Crippen molar-refractivity contribution in [3.8, 4) is 0 Å². The highest BCUT2D eigenvalue weighted by Crippen LogP contribution is 2.35. The summed E-state index contributed by atoms with van der Waals surface area (Å²) >= 11 is 1.63. The lowest BCUT2D eigenvalue weighted by atomic mass is 9.93. The molecule has 2 aliphatic heterocycles. The van der Waals surface area contributed by atoms with Crippen LogP contribution in [0, 0.1) is 5.92 Å². The number of anilines is 1. The van der Waals surface area contributed by atoms with Gasteiger partial charge in [0.25, 0.3) is 0 Å². The molecule has 2 amide bonds. The monoisotopic (exact) mass is 307 g/mol. The van der Waals surface area contributed by atoms with Gasteiger partial charge in [-0.3, -0.25) is 5.32 Å². The molecule has 0 unspecified atom stereocenters. The Kier molecular flexibility index (Phi) is 3.38. The van der Waals surface area contributed by atoms with Gasteiger partial charge in [0.05, 0.1) is 23.9 Å². The Morgan fingerprint density at radius 2 is 2.29 bits per heavy atom. The molecule has 6 heteroatoms. The molecule has 2 bridgehead atoms. The number of carbonyl (C=O) groups excluding carboxylic acids is 1. The van der Waals surface area contributed by atoms with Crippen LogP contribution in [0.1, 0.15) is 43.2 Å². The highest BCUT2D eigenvalue weighted by Gasteiger charge is 2.41. The van der Waals surface area contributed by atoms with Crippen LogP contribution in [0.15, 0.2) is 0 Å². The van der Waals surface area contributed by atoms with Crippen molar-refractivity contribution in [1.29, 1.82) is 0 Å². The fourth-order valence-electron chi connectivity index (χ4n) is 3.68. The normalized spacial score (nSPS) is 33.8. The van der Waals surface area contributed by atoms with Gasteiger partial charge in [0.2, 0.25) is 0 Å². The molecule has 1 aromatic rings. The first-order valence-electron chi connectivity index (χ1n) is 7.89. The van der Waals surface area contributed by atoms with E-state index in [1.54, 1.807) is 11.3 Å². The predicted octanol–water partition coefficient (Wildman–Crippen LogP) is 2.71. The van der Waals surface area contributed by atoms with Gasteiger partial charge in [0, 0.05) is 4.88 Å². The number of thiazole rings is 1. The molecule has 21 heavy (non-hydrogen) atoms. The Bertz CT molecular complexity index is 559. The van der Waals surface area contributed by atoms with Crippen molar-refractivity contribution in [3.05, 3.63) is 10.6 Å². The Labute approximate surface area is 128 Å². The van der Waals surface area contributed by atoms with Crippen molar-refractivity contribution in [1.82, 2.24) is 10.3 Å². The van der Waals surface area contributed by atoms with Crippen molar-refractivity contribution in [2.75, 3.05) is 5.32 Å². The zero-order chi connectivity index (χ0) is 14.4. The number of nitrogens with one attached hydrogen (secondary N) is 2. The average molecular weight is 307 g/mol. The number of fused-ring (bicyclic) bond motifs is 3. The lowest BCUT2D eigenvalue weighted by Crippen LogP contribution is -2.43. The number of urea groups is 1. The quantitative estimate of drug-likeness (QED) is 0.883. The molecule has 114 valence electrons. The topological polar surface area (TPSA) is 63.2 Å². The van der Waals surface area contributed by atoms with E-state index in [0.717, 1.165) is 43.2 Å². The first-order chi connectivity index (χ1) is 10.2. The number of hydrogen-bond acceptors (Lipinski definition) is 4. The maximum Gasteiger partial charge on any atom is 0.321 e. The Hall–Kier alpha value is -1.14. The van der Waals surface area contributed by atoms with Gasteiger partial charge >= 0.3 is 6.03 Å². The van der Waals surface area contributed by atoms with Gasteiger partial charge in [-0.25, -0.2) is 9.78 Å². The van der Waals surface area contributed by atoms with E-state index in [1.807, 2.05) is 0 Å². The van der Waals surface area contributed by atoms with Crippen LogP contribution in [0.3, 0.4) is 0 Å². The second-order valence-electron chi connectivity index (χ2n) is 6.55. The van der Waals surface area contributed by atoms with E-state index in [2.05, 4.69) is 22.5 Å². The lowest BCUT2D eigenvalue weighted by Gasteiger charge is -2.19. The summed E-state index contributed by atoms with van der Waals surface area (Å²) in [5.74, 6) is 0.728. The number of ether oxygens (including phenoxy) is 1. The summed E-state index contributed by atoms with van der Waals surface area (Å²) < 4.78 is 5.76. The summed E-state index contributed by atoms with van der Waals surface area (Å²) in [6.07, 6.45) is 7.06. The molecule has 3 aliphatic rings. The van der Waals surface area contributed by atoms with Gasteiger partial charge in [-0.2, -0.15) is 0 Å². The van der Waals surface area contributed by atoms with Gasteiger partial charge < -0.3 is 10.1 Å². The van der Waals surface area contributed by atoms with Crippen LogP contribution < -0.4 is 10.6 Å². The van der Waals surface area contributed by atoms with Crippen LogP contribution in [0.2, 0.25) is 0 Å². The summed E-state index contributed by atoms with van der Waals surface area (Å²) in [6.45, 7) is 2.28. The molecule has 0 aromatic carbocycles. The molecule has 0 radical (unpaired) electrons. The van der Waals surface area contributed by atoms with Gasteiger partial charge in [-0.05, 0) is 44.4 Å². The number of amides is 2. The van der Waals surface area contributed by atoms with Crippen molar-refractivity contribution in [2.45, 2.75) is 63.7 Å². The third-order valence-corrected chi connectivity index (χ3v) is 5.86. The van der Waals surface area contributed by atoms with E-state index >= 15 is 0 Å². The van der Waals surface area contributed by atoms with E-state index < -0.39 is 0 Å². The first kappa shape index (κ1) is 13.5. The van der Waals surface area contributed by atoms with E-state index in [1.165, 1.54) is 17.0 Å². The lowest BCUT2D eigenvalue weighted by molar-refractivity contribution is 0.0984. The molecule has 1 aliphatic carbocycles. The standard InChI is InChI=1S/C15H21N3O2S/c1-8-2-4-10-13(6-8)21-15(17-10)18-14(19)16-11-7-9-3-5-12(11)20-9/h8-9,11-12H,2-7H2,1H3,(H2,16,17,18,19)/t8-,9+,11-,12+/m0/s1. The molecule has 5 nitrogen and oxygen atoms in total. The van der Waals surface area contributed by atoms with Crippen molar-refractivity contribution in [3.63, 3.8) is 0 Å². The minimum absolute atomic E-state index is 0.143. The van der Waals surface area contributed by atoms with Gasteiger partial charge in [-0.15, -0.1) is 11.3 Å². The highest BCUT2D eigenvalue weighted by molar-refractivity contribution is 7.15. The van der Waals surface area contributed by atoms with Crippen molar-refractivity contribution >= 4 is 22.5 Å². The average Bonchev–Trinajstić information content (AvgIpc) is 3.12. The van der Waals surface area contributed by atoms with Crippen LogP contribution in [0.25, 0.3) is 0 Å². The molecule has 2 saturated heterocycles. The van der Waals surface area contributed by atoms with Crippen LogP contribution in [0.5, 0.6) is 0 Å². The first-order valence-corrected chi connectivity index (χ1v) is 8.70. The largest absolute Gasteiger partial charge is 0.373 e. The number of aromatic nitrogens is 1. The van der Waals surface area contributed by atoms with Gasteiger partial charge in [0.1, 0.15) is 0 Å². The maximum absolute atomic E-state index is 12.1. The van der Waals surface area contributed by atoms with Crippen LogP contribution in [-0.4, -0.2) is 29.3 Å². The van der Waals surface area contributed by atoms with E-state index in [0.29, 0.717) is 6.10 Å². The molecule has 3 heterocycles. The molecular weight excluding hydrogens is 286 g/mol. The molecule has 2 fully saturated rings. The molecule has 1 aromatic heterocycles. The molecule has 4 atom stereocenters. The number of rotatable bonds is 2. The Balaban J connectivity index is 1.36. The van der Waals surface area contributed by atoms with Crippen LogP contribution >= 0.6 is 11.3 Å². The summed E-state index contributed by atoms with van der Waals surface area (Å²) in [7, 11) is 0. The smallest absolute Gasteiger partial charge is 0.321 e. The predicted molar refractivity (Wildman–Crippen MR) is 81.8 cm³/mol. The SMILES string of the molecule is C[C@H]1CCc2nc(NC(=O)N[C@H]3C[C@H]4CC[C@H]3O4)sc2C1. The van der Waals surface area contributed by atoms with Gasteiger partial charge in [-0.1, -0.05) is 6.92 Å². The zero-order valence-electron chi connectivity index (χ0n) is 12.2. The van der Waals surface area contributed by atoms with Gasteiger partial charge in [0.15, 0.2) is 5.13 Å². The third kappa shape index (κ3) is 2.66. The summed E-state index contributed by atoms with van der Waals surface area (Å²) in [5.41, 5.74) is 1.18. The maximum atomic E-state index is 12.1. The Morgan fingerprint density at radius 1 is 1.38 bits per heavy atom. The molecule has 4 rings (SSSR count). The number of hydrogen-bond donors (Lipinski definition) is 2. The molecule has 0 spiro atoms. The fourth-order valence-corrected chi connectivity index (χ4v) is 4.85. The van der Waals surface area contributed by atoms with E-state index in [4.69, 9.17) is 4.74 Å².